The van der Waals surface area contributed by atoms with Crippen LogP contribution in [0.15, 0.2) is 72.8 Å². The molecule has 1 atom stereocenters. The van der Waals surface area contributed by atoms with Crippen LogP contribution in [0.25, 0.3) is 0 Å². The summed E-state index contributed by atoms with van der Waals surface area (Å²) in [6.45, 7) is 2.03. The Morgan fingerprint density at radius 1 is 0.857 bits per heavy atom. The van der Waals surface area contributed by atoms with E-state index in [1.54, 1.807) is 11.9 Å². The molecule has 4 heteroatoms. The van der Waals surface area contributed by atoms with Gasteiger partial charge in [-0.15, -0.1) is 0 Å². The molecule has 3 aromatic rings. The highest BCUT2D eigenvalue weighted by Gasteiger charge is 2.54. The van der Waals surface area contributed by atoms with Crippen molar-refractivity contribution in [3.05, 3.63) is 89.5 Å². The molecule has 0 spiro atoms. The SMILES string of the molecule is Cc1ccc(O[C@@]2(c3ccccc3N(C)C)C(=O)N(C)c3ccccc32)cc1. The number of hydrogen-bond donors (Lipinski definition) is 0. The van der Waals surface area contributed by atoms with Crippen molar-refractivity contribution >= 4 is 17.3 Å². The van der Waals surface area contributed by atoms with E-state index >= 15 is 0 Å². The van der Waals surface area contributed by atoms with Gasteiger partial charge in [-0.2, -0.15) is 0 Å². The first-order valence-corrected chi connectivity index (χ1v) is 9.35. The Morgan fingerprint density at radius 3 is 2.14 bits per heavy atom. The van der Waals surface area contributed by atoms with Gasteiger partial charge in [0.2, 0.25) is 5.60 Å². The number of anilines is 2. The third-order valence-corrected chi connectivity index (χ3v) is 5.31. The molecular weight excluding hydrogens is 348 g/mol. The number of likely N-dealkylation sites (N-methyl/N-ethyl adjacent to an activating group) is 1. The summed E-state index contributed by atoms with van der Waals surface area (Å²) < 4.78 is 6.59. The highest BCUT2D eigenvalue weighted by molar-refractivity contribution is 6.10. The van der Waals surface area contributed by atoms with Crippen LogP contribution in [-0.4, -0.2) is 27.1 Å². The monoisotopic (exact) mass is 372 g/mol. The Kier molecular flexibility index (Phi) is 4.34. The zero-order chi connectivity index (χ0) is 19.9. The van der Waals surface area contributed by atoms with E-state index < -0.39 is 5.60 Å². The van der Waals surface area contributed by atoms with Crippen LogP contribution in [0.4, 0.5) is 11.4 Å². The molecule has 28 heavy (non-hydrogen) atoms. The minimum atomic E-state index is -1.23. The van der Waals surface area contributed by atoms with Gasteiger partial charge in [-0.1, -0.05) is 54.1 Å². The van der Waals surface area contributed by atoms with Crippen LogP contribution >= 0.6 is 0 Å². The summed E-state index contributed by atoms with van der Waals surface area (Å²) in [5, 5.41) is 0. The number of ether oxygens (including phenoxy) is 1. The van der Waals surface area contributed by atoms with Gasteiger partial charge in [0.05, 0.1) is 5.69 Å². The summed E-state index contributed by atoms with van der Waals surface area (Å²) in [5.41, 5.74) is 3.42. The second-order valence-corrected chi connectivity index (χ2v) is 7.39. The van der Waals surface area contributed by atoms with Crippen molar-refractivity contribution in [1.29, 1.82) is 0 Å². The van der Waals surface area contributed by atoms with Crippen molar-refractivity contribution in [2.24, 2.45) is 0 Å². The fraction of sp³-hybridized carbons (Fsp3) is 0.208. The summed E-state index contributed by atoms with van der Waals surface area (Å²) in [7, 11) is 5.76. The second-order valence-electron chi connectivity index (χ2n) is 7.39. The van der Waals surface area contributed by atoms with Crippen molar-refractivity contribution in [2.75, 3.05) is 30.9 Å². The fourth-order valence-electron chi connectivity index (χ4n) is 3.88. The van der Waals surface area contributed by atoms with Crippen LogP contribution in [0.2, 0.25) is 0 Å². The fourth-order valence-corrected chi connectivity index (χ4v) is 3.88. The lowest BCUT2D eigenvalue weighted by Gasteiger charge is -2.33. The Labute approximate surface area is 166 Å². The van der Waals surface area contributed by atoms with Gasteiger partial charge in [0, 0.05) is 38.0 Å². The highest BCUT2D eigenvalue weighted by atomic mass is 16.5. The molecule has 1 aliphatic heterocycles. The van der Waals surface area contributed by atoms with E-state index in [0.29, 0.717) is 5.75 Å². The number of hydrogen-bond acceptors (Lipinski definition) is 3. The van der Waals surface area contributed by atoms with E-state index in [1.807, 2.05) is 98.7 Å². The number of carbonyl (C=O) groups is 1. The standard InChI is InChI=1S/C24H24N2O2/c1-17-13-15-18(16-14-17)28-24(19-9-5-7-11-21(19)25(2)3)20-10-6-8-12-22(20)26(4)23(24)27/h5-16H,1-4H3/t24-/m1/s1. The maximum atomic E-state index is 13.7. The third-order valence-electron chi connectivity index (χ3n) is 5.31. The molecule has 4 nitrogen and oxygen atoms in total. The van der Waals surface area contributed by atoms with Gasteiger partial charge in [-0.25, -0.2) is 0 Å². The zero-order valence-corrected chi connectivity index (χ0v) is 16.6. The van der Waals surface area contributed by atoms with E-state index in [-0.39, 0.29) is 5.91 Å². The number of benzene rings is 3. The van der Waals surface area contributed by atoms with Crippen LogP contribution in [0.5, 0.6) is 5.75 Å². The average Bonchev–Trinajstić information content (AvgIpc) is 2.92. The maximum Gasteiger partial charge on any atom is 0.280 e. The van der Waals surface area contributed by atoms with Crippen molar-refractivity contribution in [1.82, 2.24) is 0 Å². The Balaban J connectivity index is 2.01. The first kappa shape index (κ1) is 18.1. The Hall–Kier alpha value is -3.27. The van der Waals surface area contributed by atoms with Gasteiger partial charge in [0.25, 0.3) is 5.91 Å². The normalized spacial score (nSPS) is 18.1. The molecule has 1 amide bonds. The van der Waals surface area contributed by atoms with Gasteiger partial charge in [0.15, 0.2) is 0 Å². The van der Waals surface area contributed by atoms with E-state index in [1.165, 1.54) is 0 Å². The Morgan fingerprint density at radius 2 is 1.46 bits per heavy atom. The van der Waals surface area contributed by atoms with Crippen LogP contribution < -0.4 is 14.5 Å². The highest BCUT2D eigenvalue weighted by Crippen LogP contribution is 2.49. The van der Waals surface area contributed by atoms with Gasteiger partial charge in [-0.05, 0) is 31.2 Å². The molecule has 0 aliphatic carbocycles. The first-order chi connectivity index (χ1) is 13.4. The number of rotatable bonds is 4. The predicted molar refractivity (Wildman–Crippen MR) is 113 cm³/mol. The van der Waals surface area contributed by atoms with E-state index in [0.717, 1.165) is 28.1 Å². The van der Waals surface area contributed by atoms with Gasteiger partial charge < -0.3 is 14.5 Å². The summed E-state index contributed by atoms with van der Waals surface area (Å²) in [4.78, 5) is 17.4. The van der Waals surface area contributed by atoms with Crippen LogP contribution in [0.1, 0.15) is 16.7 Å². The lowest BCUT2D eigenvalue weighted by Crippen LogP contribution is -2.45. The molecule has 142 valence electrons. The maximum absolute atomic E-state index is 13.7. The third kappa shape index (κ3) is 2.64. The van der Waals surface area contributed by atoms with E-state index in [4.69, 9.17) is 4.74 Å². The van der Waals surface area contributed by atoms with Crippen molar-refractivity contribution < 1.29 is 9.53 Å². The summed E-state index contributed by atoms with van der Waals surface area (Å²) in [6.07, 6.45) is 0. The molecule has 0 unspecified atom stereocenters. The topological polar surface area (TPSA) is 32.8 Å². The molecule has 0 N–H and O–H groups in total. The number of carbonyl (C=O) groups excluding carboxylic acids is 1. The van der Waals surface area contributed by atoms with Crippen molar-refractivity contribution in [2.45, 2.75) is 12.5 Å². The number of nitrogens with zero attached hydrogens (tertiary/aromatic N) is 2. The molecule has 0 aromatic heterocycles. The summed E-state index contributed by atoms with van der Waals surface area (Å²) in [6, 6.07) is 23.6. The molecule has 0 fully saturated rings. The van der Waals surface area contributed by atoms with Crippen LogP contribution in [0, 0.1) is 6.92 Å². The molecule has 0 bridgehead atoms. The van der Waals surface area contributed by atoms with Gasteiger partial charge in [0.1, 0.15) is 5.75 Å². The summed E-state index contributed by atoms with van der Waals surface area (Å²) >= 11 is 0. The minimum absolute atomic E-state index is 0.0939. The average molecular weight is 372 g/mol. The van der Waals surface area contributed by atoms with E-state index in [9.17, 15) is 4.79 Å². The first-order valence-electron chi connectivity index (χ1n) is 9.35. The quantitative estimate of drug-likeness (QED) is 0.682. The summed E-state index contributed by atoms with van der Waals surface area (Å²) in [5.74, 6) is 0.571. The smallest absolute Gasteiger partial charge is 0.280 e. The minimum Gasteiger partial charge on any atom is -0.468 e. The zero-order valence-electron chi connectivity index (χ0n) is 16.6. The molecule has 0 radical (unpaired) electrons. The number of fused-ring (bicyclic) bond motifs is 1. The molecular formula is C24H24N2O2. The van der Waals surface area contributed by atoms with Gasteiger partial charge >= 0.3 is 0 Å². The molecule has 3 aromatic carbocycles. The van der Waals surface area contributed by atoms with Crippen LogP contribution in [0.3, 0.4) is 0 Å². The molecule has 4 rings (SSSR count). The number of para-hydroxylation sites is 2. The Bertz CT molecular complexity index is 1030. The largest absolute Gasteiger partial charge is 0.468 e. The number of aryl methyl sites for hydroxylation is 1. The van der Waals surface area contributed by atoms with E-state index in [2.05, 4.69) is 0 Å². The molecule has 0 saturated carbocycles. The lowest BCUT2D eigenvalue weighted by atomic mass is 9.85. The molecule has 0 saturated heterocycles. The predicted octanol–water partition coefficient (Wildman–Crippen LogP) is 4.36. The second kappa shape index (κ2) is 6.71. The van der Waals surface area contributed by atoms with Crippen molar-refractivity contribution in [3.63, 3.8) is 0 Å². The molecule has 1 heterocycles. The number of amides is 1. The van der Waals surface area contributed by atoms with Crippen molar-refractivity contribution in [3.8, 4) is 5.75 Å². The lowest BCUT2D eigenvalue weighted by molar-refractivity contribution is -0.129. The van der Waals surface area contributed by atoms with Crippen LogP contribution in [-0.2, 0) is 10.4 Å². The van der Waals surface area contributed by atoms with Gasteiger partial charge in [-0.3, -0.25) is 4.79 Å². The molecule has 1 aliphatic rings.